The van der Waals surface area contributed by atoms with Crippen LogP contribution in [0.4, 0.5) is 4.79 Å². The van der Waals surface area contributed by atoms with Gasteiger partial charge in [-0.3, -0.25) is 0 Å². The van der Waals surface area contributed by atoms with Crippen LogP contribution >= 0.6 is 0 Å². The molecule has 1 aromatic carbocycles. The fourth-order valence-corrected chi connectivity index (χ4v) is 1.77. The number of ether oxygens (including phenoxy) is 2. The number of hydrogen-bond donors (Lipinski definition) is 2. The summed E-state index contributed by atoms with van der Waals surface area (Å²) < 4.78 is 15.5. The van der Waals surface area contributed by atoms with E-state index in [4.69, 9.17) is 13.9 Å². The number of urea groups is 1. The minimum Gasteiger partial charge on any atom is -0.491 e. The third kappa shape index (κ3) is 5.49. The van der Waals surface area contributed by atoms with Crippen LogP contribution in [0.3, 0.4) is 0 Å². The lowest BCUT2D eigenvalue weighted by Gasteiger charge is -2.08. The summed E-state index contributed by atoms with van der Waals surface area (Å²) in [6.45, 7) is 1.88. The third-order valence-corrected chi connectivity index (χ3v) is 2.94. The number of methoxy groups -OCH3 is 1. The molecule has 0 unspecified atom stereocenters. The molecule has 22 heavy (non-hydrogen) atoms. The second-order valence-electron chi connectivity index (χ2n) is 4.60. The predicted octanol–water partition coefficient (Wildman–Crippen LogP) is 2.30. The van der Waals surface area contributed by atoms with E-state index in [1.807, 2.05) is 30.3 Å². The molecular formula is C16H20N2O4. The van der Waals surface area contributed by atoms with E-state index in [9.17, 15) is 4.79 Å². The topological polar surface area (TPSA) is 72.7 Å². The van der Waals surface area contributed by atoms with Gasteiger partial charge in [0.2, 0.25) is 0 Å². The Bertz CT molecular complexity index is 552. The second kappa shape index (κ2) is 8.74. The Morgan fingerprint density at radius 1 is 1.09 bits per heavy atom. The molecule has 0 atom stereocenters. The molecule has 2 rings (SSSR count). The van der Waals surface area contributed by atoms with Crippen LogP contribution in [0, 0.1) is 0 Å². The van der Waals surface area contributed by atoms with Crippen LogP contribution in [-0.4, -0.2) is 26.4 Å². The van der Waals surface area contributed by atoms with Crippen molar-refractivity contribution in [1.29, 1.82) is 0 Å². The Labute approximate surface area is 129 Å². The molecule has 6 nitrogen and oxygen atoms in total. The molecule has 0 aliphatic carbocycles. The molecule has 2 aromatic rings. The van der Waals surface area contributed by atoms with Crippen LogP contribution in [0.2, 0.25) is 0 Å². The molecule has 0 aliphatic heterocycles. The molecule has 6 heteroatoms. The molecule has 0 spiro atoms. The van der Waals surface area contributed by atoms with E-state index < -0.39 is 0 Å². The minimum atomic E-state index is -0.239. The summed E-state index contributed by atoms with van der Waals surface area (Å²) >= 11 is 0. The van der Waals surface area contributed by atoms with Crippen LogP contribution in [-0.2, 0) is 17.8 Å². The fraction of sp³-hybridized carbons (Fsp3) is 0.312. The van der Waals surface area contributed by atoms with E-state index in [0.29, 0.717) is 32.1 Å². The van der Waals surface area contributed by atoms with Crippen molar-refractivity contribution in [2.45, 2.75) is 13.1 Å². The van der Waals surface area contributed by atoms with Gasteiger partial charge in [0.1, 0.15) is 18.1 Å². The maximum atomic E-state index is 11.7. The van der Waals surface area contributed by atoms with Gasteiger partial charge < -0.3 is 24.5 Å². The Morgan fingerprint density at radius 3 is 2.55 bits per heavy atom. The second-order valence-corrected chi connectivity index (χ2v) is 4.60. The van der Waals surface area contributed by atoms with E-state index in [2.05, 4.69) is 10.6 Å². The molecule has 1 aromatic heterocycles. The zero-order valence-corrected chi connectivity index (χ0v) is 12.5. The Hall–Kier alpha value is -2.47. The van der Waals surface area contributed by atoms with Crippen molar-refractivity contribution >= 4 is 6.03 Å². The molecule has 1 heterocycles. The van der Waals surface area contributed by atoms with Gasteiger partial charge in [-0.2, -0.15) is 0 Å². The van der Waals surface area contributed by atoms with Gasteiger partial charge in [0.05, 0.1) is 19.4 Å². The van der Waals surface area contributed by atoms with Gasteiger partial charge in [-0.15, -0.1) is 0 Å². The molecular weight excluding hydrogens is 284 g/mol. The van der Waals surface area contributed by atoms with E-state index in [1.54, 1.807) is 19.4 Å². The lowest BCUT2D eigenvalue weighted by atomic mass is 10.2. The Morgan fingerprint density at radius 2 is 1.86 bits per heavy atom. The average molecular weight is 304 g/mol. The standard InChI is InChI=1S/C16H20N2O4/c1-20-9-10-22-14-6-4-13(5-7-14)11-17-16(19)18-12-15-3-2-8-21-15/h2-8H,9-12H2,1H3,(H2,17,18,19). The van der Waals surface area contributed by atoms with Gasteiger partial charge >= 0.3 is 6.03 Å². The van der Waals surface area contributed by atoms with Crippen molar-refractivity contribution in [2.75, 3.05) is 20.3 Å². The molecule has 0 saturated carbocycles. The number of nitrogens with one attached hydrogen (secondary N) is 2. The van der Waals surface area contributed by atoms with Crippen LogP contribution in [0.25, 0.3) is 0 Å². The molecule has 118 valence electrons. The average Bonchev–Trinajstić information content (AvgIpc) is 3.06. The number of benzene rings is 1. The highest BCUT2D eigenvalue weighted by Crippen LogP contribution is 2.11. The van der Waals surface area contributed by atoms with Gasteiger partial charge in [0.25, 0.3) is 0 Å². The first-order valence-electron chi connectivity index (χ1n) is 7.02. The number of carbonyl (C=O) groups excluding carboxylic acids is 1. The van der Waals surface area contributed by atoms with Gasteiger partial charge in [-0.25, -0.2) is 4.79 Å². The summed E-state index contributed by atoms with van der Waals surface area (Å²) in [6.07, 6.45) is 1.57. The van der Waals surface area contributed by atoms with Crippen molar-refractivity contribution in [1.82, 2.24) is 10.6 Å². The van der Waals surface area contributed by atoms with Gasteiger partial charge in [-0.1, -0.05) is 12.1 Å². The molecule has 2 N–H and O–H groups in total. The van der Waals surface area contributed by atoms with Gasteiger partial charge in [-0.05, 0) is 29.8 Å². The van der Waals surface area contributed by atoms with Crippen molar-refractivity contribution in [3.63, 3.8) is 0 Å². The first-order chi connectivity index (χ1) is 10.8. The number of furan rings is 1. The summed E-state index contributed by atoms with van der Waals surface area (Å²) in [5.41, 5.74) is 0.993. The number of rotatable bonds is 8. The number of carbonyl (C=O) groups is 1. The maximum absolute atomic E-state index is 11.7. The van der Waals surface area contributed by atoms with Crippen LogP contribution in [0.5, 0.6) is 5.75 Å². The lowest BCUT2D eigenvalue weighted by molar-refractivity contribution is 0.146. The molecule has 0 saturated heterocycles. The SMILES string of the molecule is COCCOc1ccc(CNC(=O)NCc2ccco2)cc1. The van der Waals surface area contributed by atoms with E-state index in [1.165, 1.54) is 0 Å². The highest BCUT2D eigenvalue weighted by molar-refractivity contribution is 5.73. The summed E-state index contributed by atoms with van der Waals surface area (Å²) in [5, 5.41) is 5.50. The number of hydrogen-bond acceptors (Lipinski definition) is 4. The normalized spacial score (nSPS) is 10.2. The van der Waals surface area contributed by atoms with Gasteiger partial charge in [0, 0.05) is 13.7 Å². The summed E-state index contributed by atoms with van der Waals surface area (Å²) in [6, 6.07) is 10.9. The quantitative estimate of drug-likeness (QED) is 0.734. The highest BCUT2D eigenvalue weighted by Gasteiger charge is 2.02. The number of amides is 2. The maximum Gasteiger partial charge on any atom is 0.315 e. The molecule has 2 amide bonds. The Kier molecular flexibility index (Phi) is 6.32. The Balaban J connectivity index is 1.68. The zero-order valence-electron chi connectivity index (χ0n) is 12.5. The van der Waals surface area contributed by atoms with Crippen molar-refractivity contribution in [3.8, 4) is 5.75 Å². The highest BCUT2D eigenvalue weighted by atomic mass is 16.5. The van der Waals surface area contributed by atoms with Crippen LogP contribution in [0.15, 0.2) is 47.1 Å². The summed E-state index contributed by atoms with van der Waals surface area (Å²) in [4.78, 5) is 11.7. The molecule has 0 fully saturated rings. The van der Waals surface area contributed by atoms with E-state index in [0.717, 1.165) is 11.3 Å². The summed E-state index contributed by atoms with van der Waals surface area (Å²) in [5.74, 6) is 1.50. The first kappa shape index (κ1) is 15.9. The monoisotopic (exact) mass is 304 g/mol. The molecule has 0 aliphatic rings. The van der Waals surface area contributed by atoms with Crippen molar-refractivity contribution in [2.24, 2.45) is 0 Å². The van der Waals surface area contributed by atoms with Crippen molar-refractivity contribution < 1.29 is 18.7 Å². The van der Waals surface area contributed by atoms with Crippen LogP contribution < -0.4 is 15.4 Å². The smallest absolute Gasteiger partial charge is 0.315 e. The lowest BCUT2D eigenvalue weighted by Crippen LogP contribution is -2.34. The summed E-state index contributed by atoms with van der Waals surface area (Å²) in [7, 11) is 1.63. The van der Waals surface area contributed by atoms with E-state index >= 15 is 0 Å². The van der Waals surface area contributed by atoms with Gasteiger partial charge in [0.15, 0.2) is 0 Å². The van der Waals surface area contributed by atoms with E-state index in [-0.39, 0.29) is 6.03 Å². The minimum absolute atomic E-state index is 0.239. The zero-order chi connectivity index (χ0) is 15.6. The third-order valence-electron chi connectivity index (χ3n) is 2.94. The van der Waals surface area contributed by atoms with Crippen molar-refractivity contribution in [3.05, 3.63) is 54.0 Å². The fourth-order valence-electron chi connectivity index (χ4n) is 1.77. The van der Waals surface area contributed by atoms with Crippen LogP contribution in [0.1, 0.15) is 11.3 Å². The predicted molar refractivity (Wildman–Crippen MR) is 81.6 cm³/mol. The first-order valence-corrected chi connectivity index (χ1v) is 7.02. The molecule has 0 bridgehead atoms. The largest absolute Gasteiger partial charge is 0.491 e. The molecule has 0 radical (unpaired) electrons.